The van der Waals surface area contributed by atoms with Gasteiger partial charge >= 0.3 is 0 Å². The van der Waals surface area contributed by atoms with Gasteiger partial charge in [-0.1, -0.05) is 30.0 Å². The number of rotatable bonds is 7. The minimum atomic E-state index is -1.57. The first-order valence-corrected chi connectivity index (χ1v) is 10.8. The summed E-state index contributed by atoms with van der Waals surface area (Å²) in [4.78, 5) is 0.992. The number of hydrogen-bond donors (Lipinski definition) is 4. The molecule has 0 radical (unpaired) electrons. The van der Waals surface area contributed by atoms with Crippen LogP contribution in [-0.2, 0) is 9.47 Å². The van der Waals surface area contributed by atoms with Crippen LogP contribution in [0, 0.1) is 31.3 Å². The molecule has 3 unspecified atom stereocenters. The van der Waals surface area contributed by atoms with E-state index in [-0.39, 0.29) is 17.8 Å². The monoisotopic (exact) mass is 470 g/mol. The molecule has 0 aliphatic carbocycles. The summed E-state index contributed by atoms with van der Waals surface area (Å²) in [5.74, 6) is -4.26. The van der Waals surface area contributed by atoms with Crippen molar-refractivity contribution in [1.29, 1.82) is 0 Å². The van der Waals surface area contributed by atoms with E-state index in [1.807, 2.05) is 32.0 Å². The highest BCUT2D eigenvalue weighted by molar-refractivity contribution is 8.00. The molecule has 0 bridgehead atoms. The summed E-state index contributed by atoms with van der Waals surface area (Å²) in [5.41, 5.74) is 7.31. The van der Waals surface area contributed by atoms with Crippen molar-refractivity contribution in [2.75, 3.05) is 13.2 Å². The summed E-state index contributed by atoms with van der Waals surface area (Å²) >= 11 is 1.41. The summed E-state index contributed by atoms with van der Waals surface area (Å²) in [6, 6.07) is 7.47. The molecule has 6 nitrogen and oxygen atoms in total. The fourth-order valence-electron chi connectivity index (χ4n) is 3.23. The molecule has 0 amide bonds. The molecule has 1 heterocycles. The van der Waals surface area contributed by atoms with Crippen molar-refractivity contribution in [3.8, 4) is 0 Å². The molecule has 0 aromatic heterocycles. The van der Waals surface area contributed by atoms with E-state index >= 15 is 0 Å². The molecular formula is C22H25F3N2O4S. The number of ether oxygens (including phenoxy) is 2. The number of aliphatic hydroxyl groups excluding tert-OH is 2. The molecule has 0 spiro atoms. The fraction of sp³-hybridized carbons (Fsp3) is 0.364. The van der Waals surface area contributed by atoms with Crippen molar-refractivity contribution in [3.63, 3.8) is 0 Å². The van der Waals surface area contributed by atoms with Gasteiger partial charge in [-0.15, -0.1) is 0 Å². The second-order valence-electron chi connectivity index (χ2n) is 7.39. The summed E-state index contributed by atoms with van der Waals surface area (Å²) in [6.45, 7) is 3.65. The zero-order valence-electron chi connectivity index (χ0n) is 17.5. The molecule has 1 fully saturated rings. The van der Waals surface area contributed by atoms with Crippen LogP contribution >= 0.6 is 11.8 Å². The summed E-state index contributed by atoms with van der Waals surface area (Å²) in [7, 11) is 0. The first-order chi connectivity index (χ1) is 15.2. The van der Waals surface area contributed by atoms with Crippen molar-refractivity contribution < 1.29 is 32.9 Å². The number of halogens is 3. The van der Waals surface area contributed by atoms with Gasteiger partial charge in [0, 0.05) is 23.2 Å². The molecule has 5 N–H and O–H groups in total. The zero-order valence-corrected chi connectivity index (χ0v) is 18.3. The van der Waals surface area contributed by atoms with E-state index in [1.165, 1.54) is 18.0 Å². The molecule has 1 aliphatic rings. The molecular weight excluding hydrogens is 445 g/mol. The highest BCUT2D eigenvalue weighted by atomic mass is 32.2. The molecule has 32 heavy (non-hydrogen) atoms. The lowest BCUT2D eigenvalue weighted by Crippen LogP contribution is -2.52. The van der Waals surface area contributed by atoms with Crippen molar-refractivity contribution >= 4 is 17.5 Å². The number of aliphatic hydroxyl groups is 2. The van der Waals surface area contributed by atoms with Crippen LogP contribution in [0.3, 0.4) is 0 Å². The van der Waals surface area contributed by atoms with Crippen LogP contribution in [0.1, 0.15) is 16.7 Å². The Kier molecular flexibility index (Phi) is 8.07. The van der Waals surface area contributed by atoms with Crippen LogP contribution in [0.5, 0.6) is 0 Å². The molecule has 10 heteroatoms. The molecule has 1 saturated heterocycles. The van der Waals surface area contributed by atoms with Gasteiger partial charge in [-0.2, -0.15) is 0 Å². The third-order valence-electron chi connectivity index (χ3n) is 4.96. The van der Waals surface area contributed by atoms with Gasteiger partial charge in [0.15, 0.2) is 23.7 Å². The van der Waals surface area contributed by atoms with Gasteiger partial charge in [-0.25, -0.2) is 13.2 Å². The van der Waals surface area contributed by atoms with Gasteiger partial charge in [0.2, 0.25) is 0 Å². The first-order valence-electron chi connectivity index (χ1n) is 9.88. The Morgan fingerprint density at radius 3 is 2.34 bits per heavy atom. The Bertz CT molecular complexity index is 948. The number of thioether (sulfide) groups is 1. The molecule has 1 aliphatic heterocycles. The highest BCUT2D eigenvalue weighted by Crippen LogP contribution is 2.36. The van der Waals surface area contributed by atoms with Crippen LogP contribution in [0.4, 0.5) is 13.2 Å². The summed E-state index contributed by atoms with van der Waals surface area (Å²) < 4.78 is 51.5. The second kappa shape index (κ2) is 10.6. The maximum absolute atomic E-state index is 13.4. The van der Waals surface area contributed by atoms with E-state index in [1.54, 1.807) is 0 Å². The Morgan fingerprint density at radius 1 is 1.12 bits per heavy atom. The van der Waals surface area contributed by atoms with Crippen molar-refractivity contribution in [2.45, 2.75) is 42.7 Å². The van der Waals surface area contributed by atoms with Crippen LogP contribution in [-0.4, -0.2) is 47.3 Å². The number of hydrogen-bond acceptors (Lipinski definition) is 7. The van der Waals surface area contributed by atoms with Crippen LogP contribution in [0.15, 0.2) is 41.4 Å². The van der Waals surface area contributed by atoms with E-state index in [2.05, 4.69) is 5.32 Å². The Hall–Kier alpha value is -2.24. The number of nitrogens with two attached hydrogens (primary N) is 1. The Labute approximate surface area is 188 Å². The van der Waals surface area contributed by atoms with E-state index in [0.29, 0.717) is 0 Å². The third-order valence-corrected chi connectivity index (χ3v) is 6.49. The molecule has 2 aromatic rings. The maximum Gasteiger partial charge on any atom is 0.194 e. The fourth-order valence-corrected chi connectivity index (χ4v) is 4.48. The lowest BCUT2D eigenvalue weighted by Gasteiger charge is -2.39. The van der Waals surface area contributed by atoms with Gasteiger partial charge in [-0.3, -0.25) is 0 Å². The number of benzene rings is 2. The SMILES string of the molecule is Cc1cccc(C)c1SC1OC(CO)C(O)O[C@H]1CN/C=C(\N)c1cc(F)c(F)c(F)c1. The van der Waals surface area contributed by atoms with E-state index in [4.69, 9.17) is 15.2 Å². The average Bonchev–Trinajstić information content (AvgIpc) is 2.75. The normalized spacial score (nSPS) is 23.9. The van der Waals surface area contributed by atoms with Crippen molar-refractivity contribution in [1.82, 2.24) is 5.32 Å². The molecule has 2 aromatic carbocycles. The molecule has 3 rings (SSSR count). The van der Waals surface area contributed by atoms with Gasteiger partial charge in [0.05, 0.1) is 12.3 Å². The van der Waals surface area contributed by atoms with Crippen molar-refractivity contribution in [3.05, 3.63) is 70.7 Å². The standard InChI is InChI=1S/C22H25F3N2O4S/c1-11-4-3-5-12(2)20(11)32-22-17(30-21(29)18(10-28)31-22)9-27-8-16(26)13-6-14(23)19(25)15(24)7-13/h3-8,17-18,21-22,27-29H,9-10,26H2,1-2H3/b16-8-/t17-,18?,21?,22?/m0/s1. The van der Waals surface area contributed by atoms with Crippen LogP contribution in [0.2, 0.25) is 0 Å². The molecule has 174 valence electrons. The van der Waals surface area contributed by atoms with Gasteiger partial charge in [0.25, 0.3) is 0 Å². The topological polar surface area (TPSA) is 97.0 Å². The maximum atomic E-state index is 13.4. The summed E-state index contributed by atoms with van der Waals surface area (Å²) in [6.07, 6.45) is -1.58. The van der Waals surface area contributed by atoms with E-state index in [9.17, 15) is 23.4 Å². The van der Waals surface area contributed by atoms with E-state index in [0.717, 1.165) is 28.2 Å². The van der Waals surface area contributed by atoms with Crippen molar-refractivity contribution in [2.24, 2.45) is 5.73 Å². The number of aryl methyl sites for hydroxylation is 2. The van der Waals surface area contributed by atoms with E-state index < -0.39 is 48.0 Å². The van der Waals surface area contributed by atoms with Gasteiger partial charge in [0.1, 0.15) is 17.6 Å². The minimum absolute atomic E-state index is 0.0211. The van der Waals surface area contributed by atoms with Gasteiger partial charge < -0.3 is 30.7 Å². The molecule has 4 atom stereocenters. The minimum Gasteiger partial charge on any atom is -0.397 e. The van der Waals surface area contributed by atoms with Crippen LogP contribution in [0.25, 0.3) is 5.70 Å². The number of nitrogens with one attached hydrogen (secondary N) is 1. The quantitative estimate of drug-likeness (QED) is 0.462. The lowest BCUT2D eigenvalue weighted by atomic mass is 10.1. The third kappa shape index (κ3) is 5.57. The summed E-state index contributed by atoms with van der Waals surface area (Å²) in [5, 5.41) is 22.5. The molecule has 0 saturated carbocycles. The van der Waals surface area contributed by atoms with Gasteiger partial charge in [-0.05, 0) is 37.1 Å². The second-order valence-corrected chi connectivity index (χ2v) is 8.50. The predicted octanol–water partition coefficient (Wildman–Crippen LogP) is 2.78. The predicted molar refractivity (Wildman–Crippen MR) is 115 cm³/mol. The van der Waals surface area contributed by atoms with Crippen LogP contribution < -0.4 is 11.1 Å². The average molecular weight is 471 g/mol. The first kappa shape index (κ1) is 24.4. The largest absolute Gasteiger partial charge is 0.397 e. The Balaban J connectivity index is 1.74. The highest BCUT2D eigenvalue weighted by Gasteiger charge is 2.38. The Morgan fingerprint density at radius 2 is 1.75 bits per heavy atom. The zero-order chi connectivity index (χ0) is 23.4. The smallest absolute Gasteiger partial charge is 0.194 e. The lowest BCUT2D eigenvalue weighted by molar-refractivity contribution is -0.270.